The lowest BCUT2D eigenvalue weighted by Gasteiger charge is -2.57. The van der Waals surface area contributed by atoms with Crippen molar-refractivity contribution in [2.75, 3.05) is 13.2 Å². The number of ether oxygens (including phenoxy) is 1. The summed E-state index contributed by atoms with van der Waals surface area (Å²) < 4.78 is 20.4. The van der Waals surface area contributed by atoms with Gasteiger partial charge in [-0.1, -0.05) is 13.8 Å². The molecule has 3 N–H and O–H groups in total. The third-order valence-corrected chi connectivity index (χ3v) is 5.64. The molecule has 1 heterocycles. The topological polar surface area (TPSA) is 82.2 Å². The Morgan fingerprint density at radius 1 is 1.36 bits per heavy atom. The van der Waals surface area contributed by atoms with Gasteiger partial charge in [0.05, 0.1) is 17.5 Å². The van der Waals surface area contributed by atoms with E-state index < -0.39 is 11.0 Å². The summed E-state index contributed by atoms with van der Waals surface area (Å²) in [4.78, 5) is 12.6. The average Bonchev–Trinajstić information content (AvgIpc) is 3.10. The van der Waals surface area contributed by atoms with Crippen molar-refractivity contribution in [1.29, 1.82) is 0 Å². The summed E-state index contributed by atoms with van der Waals surface area (Å²) in [7, 11) is 0. The molecule has 1 aliphatic carbocycles. The van der Waals surface area contributed by atoms with Crippen LogP contribution in [0.4, 0.5) is 4.39 Å². The highest BCUT2D eigenvalue weighted by atomic mass is 35.5. The average molecular weight is 411 g/mol. The number of hydrogen-bond donors (Lipinski definition) is 2. The van der Waals surface area contributed by atoms with E-state index in [4.69, 9.17) is 10.5 Å². The largest absolute Gasteiger partial charge is 0.378 e. The van der Waals surface area contributed by atoms with Crippen LogP contribution in [0.3, 0.4) is 0 Å². The van der Waals surface area contributed by atoms with Crippen molar-refractivity contribution in [3.05, 3.63) is 48.0 Å². The minimum absolute atomic E-state index is 0. The second-order valence-electron chi connectivity index (χ2n) is 7.58. The molecule has 6 nitrogen and oxygen atoms in total. The summed E-state index contributed by atoms with van der Waals surface area (Å²) >= 11 is 0. The normalized spacial score (nSPS) is 22.8. The molecule has 0 bridgehead atoms. The van der Waals surface area contributed by atoms with Gasteiger partial charge in [0.2, 0.25) is 5.91 Å². The summed E-state index contributed by atoms with van der Waals surface area (Å²) in [5, 5.41) is 7.39. The van der Waals surface area contributed by atoms with Crippen LogP contribution >= 0.6 is 12.4 Å². The Labute approximate surface area is 171 Å². The van der Waals surface area contributed by atoms with Crippen LogP contribution in [0.5, 0.6) is 0 Å². The fraction of sp³-hybridized carbons (Fsp3) is 0.500. The number of benzene rings is 1. The fourth-order valence-electron chi connectivity index (χ4n) is 3.52. The Hall–Kier alpha value is -1.96. The molecule has 0 spiro atoms. The van der Waals surface area contributed by atoms with Crippen molar-refractivity contribution in [1.82, 2.24) is 15.1 Å². The van der Waals surface area contributed by atoms with E-state index in [0.29, 0.717) is 26.0 Å². The Morgan fingerprint density at radius 2 is 2.04 bits per heavy atom. The van der Waals surface area contributed by atoms with E-state index in [1.807, 2.05) is 33.0 Å². The maximum atomic E-state index is 13.0. The van der Waals surface area contributed by atoms with Gasteiger partial charge in [0.25, 0.3) is 0 Å². The predicted octanol–water partition coefficient (Wildman–Crippen LogP) is 2.62. The summed E-state index contributed by atoms with van der Waals surface area (Å²) in [6.07, 6.45) is 2.94. The van der Waals surface area contributed by atoms with Gasteiger partial charge in [-0.2, -0.15) is 5.10 Å². The molecule has 2 atom stereocenters. The number of rotatable bonds is 7. The number of hydrogen-bond acceptors (Lipinski definition) is 4. The fourth-order valence-corrected chi connectivity index (χ4v) is 3.52. The van der Waals surface area contributed by atoms with Crippen molar-refractivity contribution in [2.24, 2.45) is 11.1 Å². The second-order valence-corrected chi connectivity index (χ2v) is 7.58. The zero-order chi connectivity index (χ0) is 19.7. The van der Waals surface area contributed by atoms with E-state index in [-0.39, 0.29) is 30.2 Å². The number of nitrogens with one attached hydrogen (secondary N) is 1. The first-order valence-electron chi connectivity index (χ1n) is 9.27. The van der Waals surface area contributed by atoms with E-state index >= 15 is 0 Å². The number of nitrogens with zero attached hydrogens (tertiary/aromatic N) is 2. The lowest BCUT2D eigenvalue weighted by Crippen LogP contribution is -2.75. The highest BCUT2D eigenvalue weighted by Crippen LogP contribution is 2.49. The number of nitrogens with two attached hydrogens (primary N) is 1. The van der Waals surface area contributed by atoms with Crippen LogP contribution in [0, 0.1) is 11.2 Å². The molecule has 0 aliphatic heterocycles. The molecule has 28 heavy (non-hydrogen) atoms. The lowest BCUT2D eigenvalue weighted by atomic mass is 9.54. The third kappa shape index (κ3) is 4.06. The molecule has 0 saturated heterocycles. The first-order chi connectivity index (χ1) is 12.8. The molecule has 0 radical (unpaired) electrons. The molecule has 1 aromatic carbocycles. The molecular formula is C20H28ClFN4O2. The highest BCUT2D eigenvalue weighted by Gasteiger charge is 2.62. The molecule has 3 rings (SSSR count). The van der Waals surface area contributed by atoms with Crippen molar-refractivity contribution < 1.29 is 13.9 Å². The van der Waals surface area contributed by atoms with Crippen molar-refractivity contribution >= 4 is 18.3 Å². The highest BCUT2D eigenvalue weighted by molar-refractivity contribution is 5.88. The number of aromatic nitrogens is 2. The minimum Gasteiger partial charge on any atom is -0.378 e. The molecule has 1 aromatic heterocycles. The van der Waals surface area contributed by atoms with E-state index in [2.05, 4.69) is 10.4 Å². The second kappa shape index (κ2) is 8.59. The maximum Gasteiger partial charge on any atom is 0.240 e. The first kappa shape index (κ1) is 22.3. The molecule has 8 heteroatoms. The summed E-state index contributed by atoms with van der Waals surface area (Å²) in [5.74, 6) is -0.434. The Balaban J connectivity index is 0.00000280. The van der Waals surface area contributed by atoms with Gasteiger partial charge < -0.3 is 15.8 Å². The molecule has 2 unspecified atom stereocenters. The Bertz CT molecular complexity index is 809. The van der Waals surface area contributed by atoms with Gasteiger partial charge in [-0.3, -0.25) is 4.79 Å². The predicted molar refractivity (Wildman–Crippen MR) is 108 cm³/mol. The molecular weight excluding hydrogens is 383 g/mol. The minimum atomic E-state index is -0.916. The lowest BCUT2D eigenvalue weighted by molar-refractivity contribution is -0.170. The number of carbonyl (C=O) groups is 1. The summed E-state index contributed by atoms with van der Waals surface area (Å²) in [6, 6.07) is 8.01. The molecule has 1 amide bonds. The molecule has 154 valence electrons. The van der Waals surface area contributed by atoms with Gasteiger partial charge in [0.15, 0.2) is 0 Å². The number of halogens is 2. The van der Waals surface area contributed by atoms with E-state index in [1.54, 1.807) is 16.8 Å². The van der Waals surface area contributed by atoms with E-state index in [1.165, 1.54) is 12.1 Å². The van der Waals surface area contributed by atoms with Crippen LogP contribution in [-0.4, -0.2) is 40.5 Å². The number of carbonyl (C=O) groups excluding carboxylic acids is 1. The van der Waals surface area contributed by atoms with Crippen molar-refractivity contribution in [2.45, 2.75) is 45.3 Å². The van der Waals surface area contributed by atoms with Gasteiger partial charge in [0, 0.05) is 37.6 Å². The van der Waals surface area contributed by atoms with Crippen molar-refractivity contribution in [3.63, 3.8) is 0 Å². The van der Waals surface area contributed by atoms with Gasteiger partial charge in [-0.25, -0.2) is 9.07 Å². The summed E-state index contributed by atoms with van der Waals surface area (Å²) in [6.45, 7) is 6.95. The quantitative estimate of drug-likeness (QED) is 0.735. The number of amides is 1. The van der Waals surface area contributed by atoms with Crippen LogP contribution in [0.1, 0.15) is 32.9 Å². The molecule has 1 saturated carbocycles. The van der Waals surface area contributed by atoms with Gasteiger partial charge in [-0.15, -0.1) is 12.4 Å². The van der Waals surface area contributed by atoms with Crippen LogP contribution < -0.4 is 11.1 Å². The van der Waals surface area contributed by atoms with Gasteiger partial charge in [-0.05, 0) is 37.3 Å². The van der Waals surface area contributed by atoms with Crippen LogP contribution in [0.2, 0.25) is 0 Å². The SMILES string of the molecule is CCOC1CC(N)(C(=O)NCCc2ccn(-c3ccc(F)cc3)n2)C1(C)C.Cl. The smallest absolute Gasteiger partial charge is 0.240 e. The first-order valence-corrected chi connectivity index (χ1v) is 9.27. The van der Waals surface area contributed by atoms with Gasteiger partial charge in [0.1, 0.15) is 11.4 Å². The Kier molecular flexibility index (Phi) is 6.85. The van der Waals surface area contributed by atoms with E-state index in [0.717, 1.165) is 11.4 Å². The zero-order valence-corrected chi connectivity index (χ0v) is 17.3. The van der Waals surface area contributed by atoms with Crippen molar-refractivity contribution in [3.8, 4) is 5.69 Å². The molecule has 2 aromatic rings. The van der Waals surface area contributed by atoms with Gasteiger partial charge >= 0.3 is 0 Å². The zero-order valence-electron chi connectivity index (χ0n) is 16.4. The third-order valence-electron chi connectivity index (χ3n) is 5.64. The van der Waals surface area contributed by atoms with E-state index in [9.17, 15) is 9.18 Å². The monoisotopic (exact) mass is 410 g/mol. The van der Waals surface area contributed by atoms with Crippen LogP contribution in [-0.2, 0) is 16.0 Å². The maximum absolute atomic E-state index is 13.0. The molecule has 1 aliphatic rings. The standard InChI is InChI=1S/C20H27FN4O2.ClH/c1-4-27-17-13-20(22,19(17,2)3)18(26)23-11-9-15-10-12-25(24-15)16-7-5-14(21)6-8-16;/h5-8,10,12,17H,4,9,11,13,22H2,1-3H3,(H,23,26);1H. The summed E-state index contributed by atoms with van der Waals surface area (Å²) in [5.41, 5.74) is 6.67. The van der Waals surface area contributed by atoms with Crippen LogP contribution in [0.25, 0.3) is 5.69 Å². The molecule has 1 fully saturated rings. The Morgan fingerprint density at radius 3 is 2.64 bits per heavy atom. The van der Waals surface area contributed by atoms with Crippen LogP contribution in [0.15, 0.2) is 36.5 Å².